The molecule has 0 radical (unpaired) electrons. The molecule has 5 aromatic rings. The number of nitrogens with zero attached hydrogens (tertiary/aromatic N) is 5. The number of hydrogen-bond acceptors (Lipinski definition) is 8. The lowest BCUT2D eigenvalue weighted by Crippen LogP contribution is -2.54. The highest BCUT2D eigenvalue weighted by atomic mass is 32.2. The Labute approximate surface area is 230 Å². The number of benzene rings is 2. The molecule has 0 fully saturated rings. The topological polar surface area (TPSA) is 139 Å². The highest BCUT2D eigenvalue weighted by Crippen LogP contribution is 2.27. The van der Waals surface area contributed by atoms with Gasteiger partial charge in [-0.3, -0.25) is 9.78 Å². The van der Waals surface area contributed by atoms with Crippen LogP contribution < -0.4 is 14.9 Å². The quantitative estimate of drug-likeness (QED) is 0.298. The van der Waals surface area contributed by atoms with Gasteiger partial charge in [0.05, 0.1) is 15.7 Å². The summed E-state index contributed by atoms with van der Waals surface area (Å²) in [7, 11) is -3.05. The predicted molar refractivity (Wildman–Crippen MR) is 145 cm³/mol. The van der Waals surface area contributed by atoms with Crippen LogP contribution in [0.2, 0.25) is 0 Å². The fourth-order valence-corrected chi connectivity index (χ4v) is 5.83. The van der Waals surface area contributed by atoms with E-state index in [1.807, 2.05) is 4.72 Å². The van der Waals surface area contributed by atoms with Crippen molar-refractivity contribution in [3.8, 4) is 0 Å². The lowest BCUT2D eigenvalue weighted by Gasteiger charge is -2.29. The van der Waals surface area contributed by atoms with Crippen LogP contribution in [0.5, 0.6) is 0 Å². The number of aromatic nitrogens is 4. The number of nitrogens with one attached hydrogen (secondary N) is 2. The van der Waals surface area contributed by atoms with E-state index in [0.717, 1.165) is 20.8 Å². The molecule has 3 heterocycles. The van der Waals surface area contributed by atoms with Crippen molar-refractivity contribution in [3.63, 3.8) is 0 Å². The molecule has 0 spiro atoms. The Morgan fingerprint density at radius 1 is 1.00 bits per heavy atom. The first kappa shape index (κ1) is 27.1. The Hall–Kier alpha value is -4.50. The summed E-state index contributed by atoms with van der Waals surface area (Å²) in [6, 6.07) is 6.63. The fourth-order valence-electron chi connectivity index (χ4n) is 4.19. The lowest BCUT2D eigenvalue weighted by atomic mass is 9.92. The van der Waals surface area contributed by atoms with E-state index in [9.17, 15) is 26.8 Å². The Kier molecular flexibility index (Phi) is 7.16. The van der Waals surface area contributed by atoms with Crippen molar-refractivity contribution >= 4 is 60.6 Å². The van der Waals surface area contributed by atoms with Crippen molar-refractivity contribution in [1.29, 1.82) is 0 Å². The van der Waals surface area contributed by atoms with Crippen molar-refractivity contribution in [2.24, 2.45) is 0 Å². The predicted octanol–water partition coefficient (Wildman–Crippen LogP) is 3.55. The first-order valence-electron chi connectivity index (χ1n) is 11.7. The maximum Gasteiger partial charge on any atom is 0.332 e. The Bertz CT molecular complexity index is 1840. The monoisotopic (exact) mass is 585 g/mol. The number of fused-ring (bicyclic) bond motifs is 2. The number of urea groups is 1. The largest absolute Gasteiger partial charge is 0.332 e. The molecule has 5 rings (SSSR count). The van der Waals surface area contributed by atoms with Crippen LogP contribution >= 0.6 is 11.3 Å². The minimum absolute atomic E-state index is 0.0174. The van der Waals surface area contributed by atoms with E-state index in [0.29, 0.717) is 17.3 Å². The van der Waals surface area contributed by atoms with Crippen LogP contribution in [0.25, 0.3) is 21.4 Å². The molecule has 0 saturated carbocycles. The third-order valence-electron chi connectivity index (χ3n) is 6.26. The average Bonchev–Trinajstić information content (AvgIpc) is 3.57. The number of anilines is 1. The number of amides is 3. The third-order valence-corrected chi connectivity index (χ3v) is 8.32. The normalized spacial score (nSPS) is 13.2. The molecule has 0 bridgehead atoms. The molecule has 2 atom stereocenters. The van der Waals surface area contributed by atoms with Crippen LogP contribution in [-0.4, -0.2) is 52.4 Å². The van der Waals surface area contributed by atoms with Crippen molar-refractivity contribution in [2.75, 3.05) is 11.9 Å². The van der Waals surface area contributed by atoms with Crippen molar-refractivity contribution in [3.05, 3.63) is 83.8 Å². The Morgan fingerprint density at radius 2 is 1.73 bits per heavy atom. The molecule has 15 heteroatoms. The van der Waals surface area contributed by atoms with Gasteiger partial charge in [-0.15, -0.1) is 11.3 Å². The zero-order valence-electron chi connectivity index (χ0n) is 20.9. The summed E-state index contributed by atoms with van der Waals surface area (Å²) in [6.45, 7) is 1.48. The Balaban J connectivity index is 1.45. The number of hydrogen-bond donors (Lipinski definition) is 2. The molecule has 0 saturated heterocycles. The number of halogens is 2. The van der Waals surface area contributed by atoms with Crippen LogP contribution in [0.4, 0.5) is 19.3 Å². The van der Waals surface area contributed by atoms with Gasteiger partial charge in [-0.1, -0.05) is 6.92 Å². The minimum atomic E-state index is -4.51. The molecule has 0 aliphatic carbocycles. The lowest BCUT2D eigenvalue weighted by molar-refractivity contribution is -0.120. The zero-order chi connectivity index (χ0) is 28.6. The van der Waals surface area contributed by atoms with Gasteiger partial charge >= 0.3 is 16.2 Å². The molecule has 206 valence electrons. The number of carbonyl (C=O) groups excluding carboxylic acids is 2. The molecule has 0 aliphatic heterocycles. The number of rotatable bonds is 7. The van der Waals surface area contributed by atoms with Crippen molar-refractivity contribution < 1.29 is 26.8 Å². The number of likely N-dealkylation sites (N-methyl/N-ethyl adjacent to an activating group) is 1. The summed E-state index contributed by atoms with van der Waals surface area (Å²) in [4.78, 5) is 40.2. The van der Waals surface area contributed by atoms with Crippen LogP contribution in [-0.2, 0) is 15.0 Å². The molecular weight excluding hydrogens is 564 g/mol. The summed E-state index contributed by atoms with van der Waals surface area (Å²) >= 11 is 1.42. The minimum Gasteiger partial charge on any atom is -0.325 e. The second-order valence-electron chi connectivity index (χ2n) is 8.83. The first-order valence-corrected chi connectivity index (χ1v) is 14.0. The summed E-state index contributed by atoms with van der Waals surface area (Å²) in [5, 5.41) is 2.37. The summed E-state index contributed by atoms with van der Waals surface area (Å²) in [5.41, 5.74) is 3.09. The summed E-state index contributed by atoms with van der Waals surface area (Å²) in [6.07, 6.45) is 3.85. The highest BCUT2D eigenvalue weighted by molar-refractivity contribution is 7.88. The van der Waals surface area contributed by atoms with Crippen LogP contribution in [0.3, 0.4) is 0 Å². The fraction of sp³-hybridized carbons (Fsp3) is 0.160. The smallest absolute Gasteiger partial charge is 0.325 e. The SMILES string of the molecule is C[C@H](c1cc(F)cc(F)c1)C(NC(=O)NS(=O)(=O)n1ccc2nccnc21)C(=O)N(C)c1ccc2scnc2c1. The Morgan fingerprint density at radius 3 is 2.48 bits per heavy atom. The van der Waals surface area contributed by atoms with Gasteiger partial charge in [0.1, 0.15) is 23.2 Å². The van der Waals surface area contributed by atoms with E-state index in [2.05, 4.69) is 20.3 Å². The molecule has 1 unspecified atom stereocenters. The maximum atomic E-state index is 14.0. The molecule has 40 heavy (non-hydrogen) atoms. The van der Waals surface area contributed by atoms with Crippen LogP contribution in [0.15, 0.2) is 66.6 Å². The molecule has 2 aromatic carbocycles. The van der Waals surface area contributed by atoms with Crippen molar-refractivity contribution in [2.45, 2.75) is 18.9 Å². The number of thiazole rings is 1. The van der Waals surface area contributed by atoms with E-state index in [-0.39, 0.29) is 16.7 Å². The van der Waals surface area contributed by atoms with Crippen molar-refractivity contribution in [1.82, 2.24) is 29.0 Å². The van der Waals surface area contributed by atoms with Gasteiger partial charge in [0.2, 0.25) is 5.91 Å². The standard InChI is InChI=1S/C25H21F2N7O4S2/c1-14(15-9-16(26)11-17(27)10-15)22(24(35)33(2)18-3-4-21-20(12-18)30-13-39-21)31-25(36)32-40(37,38)34-8-5-19-23(34)29-7-6-28-19/h3-14,22H,1-2H3,(H2,31,32,36)/t14-,22?/m1/s1. The van der Waals surface area contributed by atoms with Gasteiger partial charge in [0, 0.05) is 43.3 Å². The second-order valence-corrected chi connectivity index (χ2v) is 11.3. The van der Waals surface area contributed by atoms with Gasteiger partial charge < -0.3 is 10.2 Å². The molecule has 2 N–H and O–H groups in total. The molecule has 3 amide bonds. The highest BCUT2D eigenvalue weighted by Gasteiger charge is 2.33. The second kappa shape index (κ2) is 10.6. The van der Waals surface area contributed by atoms with Crippen LogP contribution in [0.1, 0.15) is 18.4 Å². The summed E-state index contributed by atoms with van der Waals surface area (Å²) < 4.78 is 57.5. The van der Waals surface area contributed by atoms with E-state index in [1.165, 1.54) is 54.9 Å². The molecule has 0 aliphatic rings. The van der Waals surface area contributed by atoms with Gasteiger partial charge in [-0.05, 0) is 42.0 Å². The zero-order valence-corrected chi connectivity index (χ0v) is 22.6. The average molecular weight is 586 g/mol. The van der Waals surface area contributed by atoms with E-state index in [1.54, 1.807) is 23.7 Å². The van der Waals surface area contributed by atoms with Gasteiger partial charge in [0.25, 0.3) is 0 Å². The van der Waals surface area contributed by atoms with E-state index < -0.39 is 45.7 Å². The van der Waals surface area contributed by atoms with Crippen LogP contribution in [0, 0.1) is 11.6 Å². The number of carbonyl (C=O) groups is 2. The van der Waals surface area contributed by atoms with Gasteiger partial charge in [0.15, 0.2) is 5.65 Å². The molecule has 11 nitrogen and oxygen atoms in total. The van der Waals surface area contributed by atoms with E-state index in [4.69, 9.17) is 0 Å². The third kappa shape index (κ3) is 5.33. The van der Waals surface area contributed by atoms with E-state index >= 15 is 0 Å². The molecular formula is C25H21F2N7O4S2. The summed E-state index contributed by atoms with van der Waals surface area (Å²) in [5.74, 6) is -3.39. The molecule has 3 aromatic heterocycles. The van der Waals surface area contributed by atoms with Gasteiger partial charge in [-0.25, -0.2) is 32.2 Å². The maximum absolute atomic E-state index is 14.0. The van der Waals surface area contributed by atoms with Gasteiger partial charge in [-0.2, -0.15) is 8.42 Å². The first-order chi connectivity index (χ1) is 19.0.